The van der Waals surface area contributed by atoms with Crippen molar-refractivity contribution in [3.05, 3.63) is 70.0 Å². The van der Waals surface area contributed by atoms with E-state index in [1.807, 2.05) is 19.1 Å². The molecule has 2 rings (SSSR count). The minimum absolute atomic E-state index is 0.269. The summed E-state index contributed by atoms with van der Waals surface area (Å²) in [5, 5.41) is 0.664. The maximum atomic E-state index is 13.2. The molecule has 0 aliphatic rings. The summed E-state index contributed by atoms with van der Waals surface area (Å²) >= 11 is 5.82. The Morgan fingerprint density at radius 3 is 2.41 bits per heavy atom. The van der Waals surface area contributed by atoms with E-state index in [4.69, 9.17) is 17.3 Å². The lowest BCUT2D eigenvalue weighted by atomic mass is 9.96. The molecule has 1 nitrogen and oxygen atoms in total. The van der Waals surface area contributed by atoms with Gasteiger partial charge in [0, 0.05) is 5.02 Å². The SMILES string of the molecule is Cc1ccc(F)cc1C(N)c1ccc(Cl)cc1. The lowest BCUT2D eigenvalue weighted by Gasteiger charge is -2.15. The van der Waals surface area contributed by atoms with Gasteiger partial charge in [-0.3, -0.25) is 0 Å². The van der Waals surface area contributed by atoms with Crippen LogP contribution in [0.4, 0.5) is 4.39 Å². The van der Waals surface area contributed by atoms with Crippen LogP contribution in [0, 0.1) is 12.7 Å². The molecule has 0 aromatic heterocycles. The second-order valence-electron chi connectivity index (χ2n) is 4.03. The van der Waals surface area contributed by atoms with Crippen LogP contribution >= 0.6 is 11.6 Å². The molecule has 17 heavy (non-hydrogen) atoms. The molecule has 1 atom stereocenters. The van der Waals surface area contributed by atoms with Crippen molar-refractivity contribution in [1.82, 2.24) is 0 Å². The zero-order valence-electron chi connectivity index (χ0n) is 9.45. The van der Waals surface area contributed by atoms with Crippen LogP contribution in [0.2, 0.25) is 5.02 Å². The van der Waals surface area contributed by atoms with Gasteiger partial charge in [-0.2, -0.15) is 0 Å². The van der Waals surface area contributed by atoms with Crippen LogP contribution in [-0.4, -0.2) is 0 Å². The zero-order chi connectivity index (χ0) is 12.4. The third-order valence-electron chi connectivity index (χ3n) is 2.81. The summed E-state index contributed by atoms with van der Waals surface area (Å²) in [6, 6.07) is 11.6. The Morgan fingerprint density at radius 1 is 1.12 bits per heavy atom. The topological polar surface area (TPSA) is 26.0 Å². The van der Waals surface area contributed by atoms with Crippen LogP contribution < -0.4 is 5.73 Å². The highest BCUT2D eigenvalue weighted by atomic mass is 35.5. The molecule has 0 saturated carbocycles. The fourth-order valence-corrected chi connectivity index (χ4v) is 1.92. The third kappa shape index (κ3) is 2.65. The quantitative estimate of drug-likeness (QED) is 0.860. The van der Waals surface area contributed by atoms with Crippen LogP contribution in [0.3, 0.4) is 0 Å². The number of hydrogen-bond donors (Lipinski definition) is 1. The standard InChI is InChI=1S/C14H13ClFN/c1-9-2-7-12(16)8-13(9)14(17)10-3-5-11(15)6-4-10/h2-8,14H,17H2,1H3. The molecule has 0 amide bonds. The molecule has 3 heteroatoms. The van der Waals surface area contributed by atoms with E-state index in [1.54, 1.807) is 18.2 Å². The highest BCUT2D eigenvalue weighted by Crippen LogP contribution is 2.24. The molecule has 0 bridgehead atoms. The first-order valence-corrected chi connectivity index (χ1v) is 5.73. The molecule has 2 N–H and O–H groups in total. The first-order chi connectivity index (χ1) is 8.08. The van der Waals surface area contributed by atoms with Gasteiger partial charge in [0.25, 0.3) is 0 Å². The molecular weight excluding hydrogens is 237 g/mol. The number of aryl methyl sites for hydroxylation is 1. The Kier molecular flexibility index (Phi) is 3.46. The Bertz CT molecular complexity index is 522. The summed E-state index contributed by atoms with van der Waals surface area (Å²) in [5.74, 6) is -0.269. The molecule has 1 unspecified atom stereocenters. The molecule has 0 saturated heterocycles. The predicted octanol–water partition coefficient (Wildman–Crippen LogP) is 3.84. The summed E-state index contributed by atoms with van der Waals surface area (Å²) in [4.78, 5) is 0. The average molecular weight is 250 g/mol. The molecule has 0 aliphatic heterocycles. The van der Waals surface area contributed by atoms with Crippen LogP contribution in [0.15, 0.2) is 42.5 Å². The fourth-order valence-electron chi connectivity index (χ4n) is 1.80. The Morgan fingerprint density at radius 2 is 1.76 bits per heavy atom. The Hall–Kier alpha value is -1.38. The minimum Gasteiger partial charge on any atom is -0.320 e. The largest absolute Gasteiger partial charge is 0.320 e. The molecule has 0 spiro atoms. The van der Waals surface area contributed by atoms with Crippen molar-refractivity contribution in [2.24, 2.45) is 5.73 Å². The molecule has 2 aromatic carbocycles. The monoisotopic (exact) mass is 249 g/mol. The van der Waals surface area contributed by atoms with E-state index in [0.29, 0.717) is 5.02 Å². The van der Waals surface area contributed by atoms with Gasteiger partial charge < -0.3 is 5.73 Å². The summed E-state index contributed by atoms with van der Waals surface area (Å²) in [6.07, 6.45) is 0. The van der Waals surface area contributed by atoms with E-state index in [0.717, 1.165) is 16.7 Å². The summed E-state index contributed by atoms with van der Waals surface area (Å²) in [6.45, 7) is 1.92. The van der Waals surface area contributed by atoms with Crippen molar-refractivity contribution in [2.45, 2.75) is 13.0 Å². The van der Waals surface area contributed by atoms with E-state index in [-0.39, 0.29) is 11.9 Å². The molecule has 0 radical (unpaired) electrons. The van der Waals surface area contributed by atoms with Gasteiger partial charge in [0.15, 0.2) is 0 Å². The second kappa shape index (κ2) is 4.86. The first kappa shape index (κ1) is 12.1. The summed E-state index contributed by atoms with van der Waals surface area (Å²) in [7, 11) is 0. The van der Waals surface area contributed by atoms with Crippen molar-refractivity contribution in [3.63, 3.8) is 0 Å². The third-order valence-corrected chi connectivity index (χ3v) is 3.06. The Balaban J connectivity index is 2.39. The van der Waals surface area contributed by atoms with Crippen LogP contribution in [0.25, 0.3) is 0 Å². The van der Waals surface area contributed by atoms with Crippen molar-refractivity contribution >= 4 is 11.6 Å². The number of rotatable bonds is 2. The highest BCUT2D eigenvalue weighted by molar-refractivity contribution is 6.30. The number of benzene rings is 2. The van der Waals surface area contributed by atoms with Gasteiger partial charge in [-0.15, -0.1) is 0 Å². The van der Waals surface area contributed by atoms with Crippen molar-refractivity contribution in [2.75, 3.05) is 0 Å². The zero-order valence-corrected chi connectivity index (χ0v) is 10.2. The maximum absolute atomic E-state index is 13.2. The van der Waals surface area contributed by atoms with Crippen LogP contribution in [0.1, 0.15) is 22.7 Å². The van der Waals surface area contributed by atoms with Gasteiger partial charge in [-0.25, -0.2) is 4.39 Å². The van der Waals surface area contributed by atoms with Gasteiger partial charge in [0.2, 0.25) is 0 Å². The average Bonchev–Trinajstić information content (AvgIpc) is 2.32. The van der Waals surface area contributed by atoms with E-state index in [9.17, 15) is 4.39 Å². The van der Waals surface area contributed by atoms with E-state index in [2.05, 4.69) is 0 Å². The highest BCUT2D eigenvalue weighted by Gasteiger charge is 2.12. The van der Waals surface area contributed by atoms with Crippen molar-refractivity contribution in [1.29, 1.82) is 0 Å². The summed E-state index contributed by atoms with van der Waals surface area (Å²) < 4.78 is 13.2. The number of halogens is 2. The van der Waals surface area contributed by atoms with Crippen molar-refractivity contribution < 1.29 is 4.39 Å². The van der Waals surface area contributed by atoms with Gasteiger partial charge in [-0.1, -0.05) is 29.8 Å². The number of nitrogens with two attached hydrogens (primary N) is 1. The molecule has 0 heterocycles. The normalized spacial score (nSPS) is 12.5. The van der Waals surface area contributed by atoms with Gasteiger partial charge in [0.05, 0.1) is 6.04 Å². The van der Waals surface area contributed by atoms with E-state index >= 15 is 0 Å². The number of hydrogen-bond acceptors (Lipinski definition) is 1. The maximum Gasteiger partial charge on any atom is 0.123 e. The predicted molar refractivity (Wildman–Crippen MR) is 68.6 cm³/mol. The Labute approximate surface area is 105 Å². The molecule has 88 valence electrons. The lowest BCUT2D eigenvalue weighted by Crippen LogP contribution is -2.13. The molecule has 0 aliphatic carbocycles. The molecular formula is C14H13ClFN. The minimum atomic E-state index is -0.331. The van der Waals surface area contributed by atoms with Gasteiger partial charge in [0.1, 0.15) is 5.82 Å². The smallest absolute Gasteiger partial charge is 0.123 e. The fraction of sp³-hybridized carbons (Fsp3) is 0.143. The van der Waals surface area contributed by atoms with Gasteiger partial charge >= 0.3 is 0 Å². The van der Waals surface area contributed by atoms with Crippen LogP contribution in [0.5, 0.6) is 0 Å². The van der Waals surface area contributed by atoms with Gasteiger partial charge in [-0.05, 0) is 47.9 Å². The molecule has 0 fully saturated rings. The second-order valence-corrected chi connectivity index (χ2v) is 4.47. The summed E-state index contributed by atoms with van der Waals surface area (Å²) in [5.41, 5.74) is 8.82. The lowest BCUT2D eigenvalue weighted by molar-refractivity contribution is 0.622. The van der Waals surface area contributed by atoms with Crippen molar-refractivity contribution in [3.8, 4) is 0 Å². The van der Waals surface area contributed by atoms with E-state index < -0.39 is 0 Å². The van der Waals surface area contributed by atoms with Crippen LogP contribution in [-0.2, 0) is 0 Å². The first-order valence-electron chi connectivity index (χ1n) is 5.35. The van der Waals surface area contributed by atoms with E-state index in [1.165, 1.54) is 12.1 Å². The molecule has 2 aromatic rings.